The van der Waals surface area contributed by atoms with E-state index in [9.17, 15) is 38.2 Å². The minimum atomic E-state index is -5.09. The Hall–Kier alpha value is -1.68. The molecule has 0 aromatic rings. The molecule has 7 unspecified atom stereocenters. The van der Waals surface area contributed by atoms with E-state index in [2.05, 4.69) is 47.7 Å². The molecule has 1 rings (SSSR count). The molecule has 13 heteroatoms. The summed E-state index contributed by atoms with van der Waals surface area (Å²) in [5.41, 5.74) is 0. The lowest BCUT2D eigenvalue weighted by Crippen LogP contribution is -2.61. The summed E-state index contributed by atoms with van der Waals surface area (Å²) in [7, 11) is -5.09. The first kappa shape index (κ1) is 81.3. The van der Waals surface area contributed by atoms with Crippen molar-refractivity contribution in [3.63, 3.8) is 0 Å². The number of carbonyl (C=O) groups excluding carboxylic acids is 1. The molecule has 0 aromatic carbocycles. The third-order valence-electron chi connectivity index (χ3n) is 17.4. The number of ether oxygens (including phenoxy) is 2. The highest BCUT2D eigenvalue weighted by atomic mass is 32.3. The van der Waals surface area contributed by atoms with Crippen molar-refractivity contribution in [1.82, 2.24) is 5.32 Å². The van der Waals surface area contributed by atoms with E-state index >= 15 is 0 Å². The Kier molecular flexibility index (Phi) is 58.6. The van der Waals surface area contributed by atoms with Crippen molar-refractivity contribution in [2.24, 2.45) is 0 Å². The van der Waals surface area contributed by atoms with E-state index in [1.54, 1.807) is 6.08 Å². The summed E-state index contributed by atoms with van der Waals surface area (Å²) in [6.07, 6.45) is 72.3. The second-order valence-electron chi connectivity index (χ2n) is 25.5. The smallest absolute Gasteiger partial charge is 0.394 e. The first-order valence-electron chi connectivity index (χ1n) is 36.4. The van der Waals surface area contributed by atoms with Crippen molar-refractivity contribution in [3.05, 3.63) is 36.5 Å². The molecule has 0 aliphatic carbocycles. The summed E-state index contributed by atoms with van der Waals surface area (Å²) in [6, 6.07) is -0.945. The van der Waals surface area contributed by atoms with E-state index in [0.29, 0.717) is 6.42 Å². The van der Waals surface area contributed by atoms with Crippen molar-refractivity contribution in [2.75, 3.05) is 13.2 Å². The predicted octanol–water partition coefficient (Wildman–Crippen LogP) is 19.2. The Balaban J connectivity index is 2.22. The first-order valence-corrected chi connectivity index (χ1v) is 37.7. The molecule has 6 N–H and O–H groups in total. The number of amides is 1. The Morgan fingerprint density at radius 1 is 0.471 bits per heavy atom. The lowest BCUT2D eigenvalue weighted by molar-refractivity contribution is -0.298. The zero-order valence-corrected chi connectivity index (χ0v) is 56.0. The van der Waals surface area contributed by atoms with Gasteiger partial charge in [0.25, 0.3) is 0 Å². The molecule has 1 fully saturated rings. The highest BCUT2D eigenvalue weighted by Crippen LogP contribution is 2.26. The van der Waals surface area contributed by atoms with Crippen LogP contribution in [0, 0.1) is 0 Å². The quantitative estimate of drug-likeness (QED) is 0.0193. The van der Waals surface area contributed by atoms with Crippen LogP contribution in [0.2, 0.25) is 0 Å². The Bertz CT molecular complexity index is 1630. The number of hydrogen-bond acceptors (Lipinski definition) is 10. The molecule has 1 aliphatic rings. The van der Waals surface area contributed by atoms with Crippen LogP contribution in [-0.2, 0) is 28.9 Å². The van der Waals surface area contributed by atoms with Gasteiger partial charge in [0.1, 0.15) is 24.4 Å². The summed E-state index contributed by atoms with van der Waals surface area (Å²) < 4.78 is 48.1. The monoisotopic (exact) mass is 1220 g/mol. The van der Waals surface area contributed by atoms with Crippen LogP contribution in [0.1, 0.15) is 361 Å². The van der Waals surface area contributed by atoms with E-state index in [1.807, 2.05) is 6.08 Å². The number of unbranched alkanes of at least 4 members (excludes halogenated alkanes) is 49. The van der Waals surface area contributed by atoms with Gasteiger partial charge in [-0.2, -0.15) is 8.42 Å². The van der Waals surface area contributed by atoms with Crippen LogP contribution in [0.25, 0.3) is 0 Å². The number of aliphatic hydroxyl groups is 4. The van der Waals surface area contributed by atoms with Crippen LogP contribution < -0.4 is 5.32 Å². The number of allylic oxidation sites excluding steroid dienone is 5. The van der Waals surface area contributed by atoms with Gasteiger partial charge >= 0.3 is 10.4 Å². The van der Waals surface area contributed by atoms with Crippen LogP contribution in [0.5, 0.6) is 0 Å². The fourth-order valence-electron chi connectivity index (χ4n) is 11.8. The summed E-state index contributed by atoms with van der Waals surface area (Å²) in [5.74, 6) is -0.256. The largest absolute Gasteiger partial charge is 0.397 e. The highest BCUT2D eigenvalue weighted by molar-refractivity contribution is 7.80. The van der Waals surface area contributed by atoms with Gasteiger partial charge < -0.3 is 35.2 Å². The van der Waals surface area contributed by atoms with E-state index in [-0.39, 0.29) is 18.9 Å². The number of hydrogen-bond donors (Lipinski definition) is 6. The molecule has 0 spiro atoms. The molecule has 1 amide bonds. The molecular formula is C72H137NO11S. The molecule has 1 heterocycles. The number of aliphatic hydroxyl groups excluding tert-OH is 4. The molecule has 0 aromatic heterocycles. The van der Waals surface area contributed by atoms with Crippen LogP contribution in [0.15, 0.2) is 36.5 Å². The minimum Gasteiger partial charge on any atom is -0.394 e. The average Bonchev–Trinajstić information content (AvgIpc) is 3.59. The predicted molar refractivity (Wildman–Crippen MR) is 356 cm³/mol. The number of rotatable bonds is 65. The molecule has 12 nitrogen and oxygen atoms in total. The van der Waals surface area contributed by atoms with Crippen LogP contribution in [0.3, 0.4) is 0 Å². The van der Waals surface area contributed by atoms with Crippen molar-refractivity contribution < 1.29 is 51.8 Å². The van der Waals surface area contributed by atoms with E-state index in [1.165, 1.54) is 289 Å². The second-order valence-corrected chi connectivity index (χ2v) is 26.6. The maximum atomic E-state index is 13.2. The maximum absolute atomic E-state index is 13.2. The van der Waals surface area contributed by atoms with Gasteiger partial charge in [0.2, 0.25) is 5.91 Å². The summed E-state index contributed by atoms with van der Waals surface area (Å²) in [6.45, 7) is 3.46. The zero-order valence-electron chi connectivity index (χ0n) is 55.2. The van der Waals surface area contributed by atoms with Gasteiger partial charge in [-0.25, -0.2) is 4.18 Å². The van der Waals surface area contributed by atoms with Gasteiger partial charge in [0.05, 0.1) is 25.4 Å². The van der Waals surface area contributed by atoms with Crippen molar-refractivity contribution in [3.8, 4) is 0 Å². The average molecular weight is 1220 g/mol. The Morgan fingerprint density at radius 3 is 1.12 bits per heavy atom. The molecule has 0 saturated carbocycles. The third kappa shape index (κ3) is 52.8. The normalized spacial score (nSPS) is 18.4. The molecule has 0 radical (unpaired) electrons. The van der Waals surface area contributed by atoms with Gasteiger partial charge in [-0.05, 0) is 51.4 Å². The summed E-state index contributed by atoms with van der Waals surface area (Å²) in [4.78, 5) is 13.2. The van der Waals surface area contributed by atoms with E-state index < -0.39 is 59.9 Å². The van der Waals surface area contributed by atoms with Gasteiger partial charge in [-0.3, -0.25) is 9.35 Å². The molecule has 502 valence electrons. The lowest BCUT2D eigenvalue weighted by atomic mass is 9.99. The molecule has 1 saturated heterocycles. The number of nitrogens with one attached hydrogen (secondary N) is 1. The Labute approximate surface area is 524 Å². The highest BCUT2D eigenvalue weighted by Gasteiger charge is 2.48. The molecule has 1 aliphatic heterocycles. The van der Waals surface area contributed by atoms with Gasteiger partial charge in [-0.1, -0.05) is 339 Å². The van der Waals surface area contributed by atoms with Crippen molar-refractivity contribution in [2.45, 2.75) is 403 Å². The molecular weight excluding hydrogens is 1090 g/mol. The molecule has 0 bridgehead atoms. The van der Waals surface area contributed by atoms with Crippen LogP contribution >= 0.6 is 0 Å². The first-order chi connectivity index (χ1) is 41.5. The third-order valence-corrected chi connectivity index (χ3v) is 17.9. The van der Waals surface area contributed by atoms with E-state index in [4.69, 9.17) is 9.47 Å². The molecule has 85 heavy (non-hydrogen) atoms. The SMILES string of the molecule is CCCCCCCCCCCCC/C=C\C/C=C\CCCCCCCCCCCCCCCCCCCC(=O)NC(COC1OC(CO)C(O)C(OS(=O)(=O)O)C1O)C(O)/C=C/CCCCCCCCCCCCCCCCCCCCCCC. The van der Waals surface area contributed by atoms with E-state index in [0.717, 1.165) is 44.9 Å². The summed E-state index contributed by atoms with van der Waals surface area (Å²) >= 11 is 0. The van der Waals surface area contributed by atoms with Crippen molar-refractivity contribution >= 4 is 16.3 Å². The van der Waals surface area contributed by atoms with Crippen molar-refractivity contribution in [1.29, 1.82) is 0 Å². The Morgan fingerprint density at radius 2 is 0.788 bits per heavy atom. The van der Waals surface area contributed by atoms with Gasteiger partial charge in [0.15, 0.2) is 6.29 Å². The van der Waals surface area contributed by atoms with Crippen LogP contribution in [0.4, 0.5) is 0 Å². The lowest BCUT2D eigenvalue weighted by Gasteiger charge is -2.41. The minimum absolute atomic E-state index is 0.256. The fraction of sp³-hybridized carbons (Fsp3) is 0.903. The number of carbonyl (C=O) groups is 1. The maximum Gasteiger partial charge on any atom is 0.397 e. The topological polar surface area (TPSA) is 192 Å². The molecule has 7 atom stereocenters. The summed E-state index contributed by atoms with van der Waals surface area (Å²) in [5, 5.41) is 45.2. The van der Waals surface area contributed by atoms with Gasteiger partial charge in [-0.15, -0.1) is 0 Å². The standard InChI is InChI=1S/C72H137NO11S/c1-3-5-7-9-11-13-15-17-19-21-23-25-27-28-29-30-31-32-33-34-35-36-37-38-40-42-44-46-48-50-52-54-56-58-60-62-68(76)73-65(64-82-72-70(78)71(84-85(79,80)81)69(77)67(63-74)83-72)66(75)61-59-57-55-53-51-49-47-45-43-41-39-26-24-22-20-18-16-14-12-10-8-6-4-2/h27-28,30-31,59,61,65-67,69-72,74-75,77-78H,3-26,29,32-58,60,62-64H2,1-2H3,(H,73,76)(H,79,80,81)/b28-27-,31-30-,61-59+. The fourth-order valence-corrected chi connectivity index (χ4v) is 12.4. The second kappa shape index (κ2) is 61.2. The van der Waals surface area contributed by atoms with Gasteiger partial charge in [0, 0.05) is 6.42 Å². The zero-order chi connectivity index (χ0) is 61.8. The van der Waals surface area contributed by atoms with Crippen LogP contribution in [-0.4, -0.2) is 95.4 Å².